The van der Waals surface area contributed by atoms with Crippen LogP contribution in [0.3, 0.4) is 0 Å². The maximum atomic E-state index is 12.8. The molecule has 1 aliphatic carbocycles. The second kappa shape index (κ2) is 9.16. The minimum Gasteiger partial charge on any atom is -0.385 e. The van der Waals surface area contributed by atoms with Crippen LogP contribution in [-0.4, -0.2) is 47.7 Å². The normalized spacial score (nSPS) is 17.6. The lowest BCUT2D eigenvalue weighted by molar-refractivity contribution is 0.0921. The first-order chi connectivity index (χ1) is 12.7. The fraction of sp³-hybridized carbons (Fsp3) is 0.737. The van der Waals surface area contributed by atoms with E-state index >= 15 is 0 Å². The number of carbonyl (C=O) groups is 2. The van der Waals surface area contributed by atoms with Crippen molar-refractivity contribution in [3.63, 3.8) is 0 Å². The third-order valence-electron chi connectivity index (χ3n) is 5.29. The zero-order valence-electron chi connectivity index (χ0n) is 15.7. The van der Waals surface area contributed by atoms with Gasteiger partial charge in [0.05, 0.1) is 5.69 Å². The standard InChI is InChI=1S/C19H30N4O3/c1-26-13-7-11-20-19(25)17-22-16(15-10-5-6-12-23(15)17)18(24)21-14-8-3-2-4-9-14/h14H,2-13H2,1H3,(H,20,25)(H,21,24). The summed E-state index contributed by atoms with van der Waals surface area (Å²) in [4.78, 5) is 29.8. The lowest BCUT2D eigenvalue weighted by atomic mass is 9.95. The zero-order valence-corrected chi connectivity index (χ0v) is 15.7. The third-order valence-corrected chi connectivity index (χ3v) is 5.29. The Hall–Kier alpha value is -1.89. The van der Waals surface area contributed by atoms with Crippen molar-refractivity contribution < 1.29 is 14.3 Å². The van der Waals surface area contributed by atoms with Crippen LogP contribution in [0.15, 0.2) is 0 Å². The van der Waals surface area contributed by atoms with Gasteiger partial charge in [-0.3, -0.25) is 9.59 Å². The van der Waals surface area contributed by atoms with Crippen molar-refractivity contribution in [2.24, 2.45) is 0 Å². The van der Waals surface area contributed by atoms with Gasteiger partial charge in [-0.25, -0.2) is 4.98 Å². The number of imidazole rings is 1. The van der Waals surface area contributed by atoms with E-state index in [4.69, 9.17) is 4.74 Å². The molecule has 1 aliphatic heterocycles. The van der Waals surface area contributed by atoms with E-state index < -0.39 is 0 Å². The molecule has 0 radical (unpaired) electrons. The molecule has 7 nitrogen and oxygen atoms in total. The Morgan fingerprint density at radius 2 is 1.96 bits per heavy atom. The lowest BCUT2D eigenvalue weighted by Gasteiger charge is -2.23. The van der Waals surface area contributed by atoms with E-state index in [9.17, 15) is 9.59 Å². The second-order valence-corrected chi connectivity index (χ2v) is 7.25. The number of carbonyl (C=O) groups excluding carboxylic acids is 2. The number of rotatable bonds is 7. The van der Waals surface area contributed by atoms with E-state index in [0.29, 0.717) is 24.7 Å². The van der Waals surface area contributed by atoms with Gasteiger partial charge in [-0.1, -0.05) is 19.3 Å². The molecule has 26 heavy (non-hydrogen) atoms. The summed E-state index contributed by atoms with van der Waals surface area (Å²) in [5, 5.41) is 6.02. The van der Waals surface area contributed by atoms with Crippen molar-refractivity contribution in [3.8, 4) is 0 Å². The average molecular weight is 362 g/mol. The maximum absolute atomic E-state index is 12.8. The molecule has 1 aromatic heterocycles. The van der Waals surface area contributed by atoms with Crippen LogP contribution in [0.4, 0.5) is 0 Å². The van der Waals surface area contributed by atoms with Crippen LogP contribution in [0, 0.1) is 0 Å². The van der Waals surface area contributed by atoms with Gasteiger partial charge in [0.15, 0.2) is 5.82 Å². The molecule has 1 aromatic rings. The predicted octanol–water partition coefficient (Wildman–Crippen LogP) is 2.05. The molecule has 1 saturated carbocycles. The van der Waals surface area contributed by atoms with Crippen LogP contribution in [0.1, 0.15) is 78.2 Å². The third kappa shape index (κ3) is 4.44. The molecule has 0 unspecified atom stereocenters. The van der Waals surface area contributed by atoms with E-state index in [1.165, 1.54) is 19.3 Å². The Labute approximate surface area is 154 Å². The summed E-state index contributed by atoms with van der Waals surface area (Å²) in [5.74, 6) is 0.0351. The zero-order chi connectivity index (χ0) is 18.4. The van der Waals surface area contributed by atoms with Gasteiger partial charge in [0.2, 0.25) is 0 Å². The van der Waals surface area contributed by atoms with Crippen molar-refractivity contribution in [3.05, 3.63) is 17.2 Å². The number of hydrogen-bond acceptors (Lipinski definition) is 4. The van der Waals surface area contributed by atoms with Crippen LogP contribution in [-0.2, 0) is 17.7 Å². The molecular weight excluding hydrogens is 332 g/mol. The lowest BCUT2D eigenvalue weighted by Crippen LogP contribution is -2.37. The van der Waals surface area contributed by atoms with Crippen LogP contribution < -0.4 is 10.6 Å². The summed E-state index contributed by atoms with van der Waals surface area (Å²) >= 11 is 0. The molecule has 0 aromatic carbocycles. The van der Waals surface area contributed by atoms with Crippen LogP contribution in [0.25, 0.3) is 0 Å². The van der Waals surface area contributed by atoms with E-state index in [0.717, 1.165) is 50.8 Å². The fourth-order valence-corrected chi connectivity index (χ4v) is 3.90. The number of hydrogen-bond donors (Lipinski definition) is 2. The number of amides is 2. The Balaban J connectivity index is 1.72. The second-order valence-electron chi connectivity index (χ2n) is 7.25. The number of aromatic nitrogens is 2. The van der Waals surface area contributed by atoms with Crippen molar-refractivity contribution >= 4 is 11.8 Å². The molecule has 0 atom stereocenters. The molecule has 3 rings (SSSR count). The van der Waals surface area contributed by atoms with E-state index in [-0.39, 0.29) is 17.9 Å². The summed E-state index contributed by atoms with van der Waals surface area (Å²) in [7, 11) is 1.64. The van der Waals surface area contributed by atoms with Gasteiger partial charge in [0.25, 0.3) is 11.8 Å². The topological polar surface area (TPSA) is 85.2 Å². The summed E-state index contributed by atoms with van der Waals surface area (Å²) < 4.78 is 6.94. The molecule has 1 fully saturated rings. The smallest absolute Gasteiger partial charge is 0.287 e. The van der Waals surface area contributed by atoms with Gasteiger partial charge in [-0.15, -0.1) is 0 Å². The Morgan fingerprint density at radius 1 is 1.15 bits per heavy atom. The predicted molar refractivity (Wildman–Crippen MR) is 98.3 cm³/mol. The SMILES string of the molecule is COCCCNC(=O)c1nc(C(=O)NC2CCCCC2)c2n1CCCC2. The number of nitrogens with one attached hydrogen (secondary N) is 2. The van der Waals surface area contributed by atoms with Crippen molar-refractivity contribution in [2.45, 2.75) is 70.4 Å². The van der Waals surface area contributed by atoms with Crippen molar-refractivity contribution in [2.75, 3.05) is 20.3 Å². The van der Waals surface area contributed by atoms with Gasteiger partial charge in [0, 0.05) is 32.8 Å². The molecule has 0 saturated heterocycles. The summed E-state index contributed by atoms with van der Waals surface area (Å²) in [6, 6.07) is 0.239. The molecule has 2 aliphatic rings. The highest BCUT2D eigenvalue weighted by Gasteiger charge is 2.28. The van der Waals surface area contributed by atoms with Gasteiger partial charge in [0.1, 0.15) is 5.69 Å². The van der Waals surface area contributed by atoms with Crippen molar-refractivity contribution in [1.82, 2.24) is 20.2 Å². The number of ether oxygens (including phenoxy) is 1. The quantitative estimate of drug-likeness (QED) is 0.727. The molecule has 0 bridgehead atoms. The Morgan fingerprint density at radius 3 is 2.73 bits per heavy atom. The van der Waals surface area contributed by atoms with Crippen molar-refractivity contribution in [1.29, 1.82) is 0 Å². The molecule has 2 N–H and O–H groups in total. The number of methoxy groups -OCH3 is 1. The maximum Gasteiger partial charge on any atom is 0.287 e. The van der Waals surface area contributed by atoms with Crippen LogP contribution in [0.5, 0.6) is 0 Å². The first-order valence-electron chi connectivity index (χ1n) is 9.88. The van der Waals surface area contributed by atoms with E-state index in [2.05, 4.69) is 15.6 Å². The highest BCUT2D eigenvalue weighted by atomic mass is 16.5. The summed E-state index contributed by atoms with van der Waals surface area (Å²) in [5.41, 5.74) is 1.35. The number of fused-ring (bicyclic) bond motifs is 1. The van der Waals surface area contributed by atoms with Gasteiger partial charge < -0.3 is 19.9 Å². The fourth-order valence-electron chi connectivity index (χ4n) is 3.90. The summed E-state index contributed by atoms with van der Waals surface area (Å²) in [6.07, 6.45) is 9.26. The molecular formula is C19H30N4O3. The molecule has 7 heteroatoms. The highest BCUT2D eigenvalue weighted by molar-refractivity contribution is 5.97. The largest absolute Gasteiger partial charge is 0.385 e. The monoisotopic (exact) mass is 362 g/mol. The highest BCUT2D eigenvalue weighted by Crippen LogP contribution is 2.22. The molecule has 144 valence electrons. The minimum atomic E-state index is -0.207. The Bertz CT molecular complexity index is 635. The molecule has 2 heterocycles. The number of nitrogens with zero attached hydrogens (tertiary/aromatic N) is 2. The van der Waals surface area contributed by atoms with Crippen LogP contribution in [0.2, 0.25) is 0 Å². The van der Waals surface area contributed by atoms with E-state index in [1.807, 2.05) is 4.57 Å². The minimum absolute atomic E-state index is 0.124. The Kier molecular flexibility index (Phi) is 6.66. The molecule has 2 amide bonds. The van der Waals surface area contributed by atoms with Gasteiger partial charge in [-0.05, 0) is 38.5 Å². The first-order valence-corrected chi connectivity index (χ1v) is 9.88. The summed E-state index contributed by atoms with van der Waals surface area (Å²) in [6.45, 7) is 1.90. The molecule has 0 spiro atoms. The van der Waals surface area contributed by atoms with E-state index in [1.54, 1.807) is 7.11 Å². The van der Waals surface area contributed by atoms with Gasteiger partial charge >= 0.3 is 0 Å². The average Bonchev–Trinajstić information content (AvgIpc) is 3.06. The van der Waals surface area contributed by atoms with Crippen LogP contribution >= 0.6 is 0 Å². The first kappa shape index (κ1) is 18.9. The van der Waals surface area contributed by atoms with Gasteiger partial charge in [-0.2, -0.15) is 0 Å².